The van der Waals surface area contributed by atoms with Crippen LogP contribution >= 0.6 is 0 Å². The van der Waals surface area contributed by atoms with Gasteiger partial charge in [0.1, 0.15) is 5.54 Å². The van der Waals surface area contributed by atoms with Crippen molar-refractivity contribution in [3.63, 3.8) is 0 Å². The van der Waals surface area contributed by atoms with Crippen LogP contribution in [0.15, 0.2) is 4.99 Å². The molecule has 1 aliphatic heterocycles. The van der Waals surface area contributed by atoms with Gasteiger partial charge >= 0.3 is 6.03 Å². The lowest BCUT2D eigenvalue weighted by molar-refractivity contribution is -0.130. The molecule has 0 spiro atoms. The van der Waals surface area contributed by atoms with Crippen molar-refractivity contribution in [2.24, 2.45) is 4.99 Å². The van der Waals surface area contributed by atoms with Crippen molar-refractivity contribution in [2.75, 3.05) is 20.1 Å². The number of carbonyl (C=O) groups is 2. The molecule has 2 unspecified atom stereocenters. The van der Waals surface area contributed by atoms with E-state index in [1.165, 1.54) is 30.6 Å². The van der Waals surface area contributed by atoms with E-state index in [-0.39, 0.29) is 11.9 Å². The Morgan fingerprint density at radius 1 is 1.23 bits per heavy atom. The molecular weight excluding hydrogens is 330 g/mol. The number of hydrogen-bond acceptors (Lipinski definition) is 3. The lowest BCUT2D eigenvalue weighted by Crippen LogP contribution is -2.44. The summed E-state index contributed by atoms with van der Waals surface area (Å²) in [6, 6.07) is 0.0804. The smallest absolute Gasteiger partial charge is 0.325 e. The Morgan fingerprint density at radius 2 is 1.96 bits per heavy atom. The number of amides is 3. The molecule has 0 bridgehead atoms. The van der Waals surface area contributed by atoms with E-state index < -0.39 is 5.54 Å². The highest BCUT2D eigenvalue weighted by molar-refractivity contribution is 6.06. The Bertz CT molecular complexity index is 494. The van der Waals surface area contributed by atoms with E-state index in [0.29, 0.717) is 32.0 Å². The predicted octanol–water partition coefficient (Wildman–Crippen LogP) is 2.62. The molecule has 1 heterocycles. The maximum absolute atomic E-state index is 12.3. The molecule has 0 aliphatic carbocycles. The molecular formula is C19H37N5O2. The highest BCUT2D eigenvalue weighted by atomic mass is 16.2. The van der Waals surface area contributed by atoms with Gasteiger partial charge < -0.3 is 16.0 Å². The first kappa shape index (κ1) is 22.3. The fraction of sp³-hybridized carbons (Fsp3) is 0.842. The van der Waals surface area contributed by atoms with Crippen LogP contribution < -0.4 is 16.0 Å². The van der Waals surface area contributed by atoms with Crippen LogP contribution in [0.25, 0.3) is 0 Å². The number of guanidine groups is 1. The zero-order valence-electron chi connectivity index (χ0n) is 17.2. The van der Waals surface area contributed by atoms with E-state index in [1.807, 2.05) is 6.92 Å². The van der Waals surface area contributed by atoms with Gasteiger partial charge in [0.25, 0.3) is 5.91 Å². The maximum atomic E-state index is 12.3. The minimum absolute atomic E-state index is 0.131. The molecule has 1 saturated heterocycles. The largest absolute Gasteiger partial charge is 0.356 e. The zero-order chi connectivity index (χ0) is 19.6. The summed E-state index contributed by atoms with van der Waals surface area (Å²) in [5.74, 6) is 0.636. The Balaban J connectivity index is 2.29. The fourth-order valence-corrected chi connectivity index (χ4v) is 3.01. The second-order valence-corrected chi connectivity index (χ2v) is 7.32. The minimum atomic E-state index is -0.755. The number of carbonyl (C=O) groups excluding carboxylic acids is 2. The molecule has 3 amide bonds. The number of rotatable bonds is 11. The van der Waals surface area contributed by atoms with E-state index in [4.69, 9.17) is 0 Å². The summed E-state index contributed by atoms with van der Waals surface area (Å²) in [6.45, 7) is 9.13. The van der Waals surface area contributed by atoms with Gasteiger partial charge in [-0.05, 0) is 33.1 Å². The normalized spacial score (nSPS) is 21.7. The summed E-state index contributed by atoms with van der Waals surface area (Å²) < 4.78 is 0. The van der Waals surface area contributed by atoms with Gasteiger partial charge in [0.15, 0.2) is 5.96 Å². The number of nitrogens with one attached hydrogen (secondary N) is 3. The molecule has 26 heavy (non-hydrogen) atoms. The summed E-state index contributed by atoms with van der Waals surface area (Å²) in [6.07, 6.45) is 7.44. The average Bonchev–Trinajstić information content (AvgIpc) is 2.84. The first-order valence-corrected chi connectivity index (χ1v) is 9.99. The van der Waals surface area contributed by atoms with Crippen LogP contribution in [0.2, 0.25) is 0 Å². The Labute approximate surface area is 158 Å². The quantitative estimate of drug-likeness (QED) is 0.227. The van der Waals surface area contributed by atoms with E-state index in [2.05, 4.69) is 34.8 Å². The lowest BCUT2D eigenvalue weighted by Gasteiger charge is -2.20. The number of hydrogen-bond donors (Lipinski definition) is 3. The molecule has 1 aliphatic rings. The van der Waals surface area contributed by atoms with Crippen molar-refractivity contribution in [3.05, 3.63) is 0 Å². The lowest BCUT2D eigenvalue weighted by atomic mass is 9.99. The molecule has 0 aromatic carbocycles. The Kier molecular flexibility index (Phi) is 9.44. The summed E-state index contributed by atoms with van der Waals surface area (Å²) in [5, 5.41) is 9.43. The van der Waals surface area contributed by atoms with Gasteiger partial charge in [-0.3, -0.25) is 14.7 Å². The zero-order valence-corrected chi connectivity index (χ0v) is 17.2. The van der Waals surface area contributed by atoms with Crippen molar-refractivity contribution in [1.82, 2.24) is 20.9 Å². The summed E-state index contributed by atoms with van der Waals surface area (Å²) in [4.78, 5) is 29.9. The first-order valence-electron chi connectivity index (χ1n) is 9.99. The number of imide groups is 1. The number of urea groups is 1. The molecule has 0 saturated carbocycles. The topological polar surface area (TPSA) is 85.8 Å². The Morgan fingerprint density at radius 3 is 2.54 bits per heavy atom. The first-order chi connectivity index (χ1) is 12.4. The van der Waals surface area contributed by atoms with Crippen LogP contribution in [0.1, 0.15) is 72.6 Å². The van der Waals surface area contributed by atoms with Crippen LogP contribution in [0.5, 0.6) is 0 Å². The van der Waals surface area contributed by atoms with Gasteiger partial charge in [-0.2, -0.15) is 0 Å². The van der Waals surface area contributed by atoms with Crippen LogP contribution in [0.3, 0.4) is 0 Å². The standard InChI is InChI=1S/C19H37N5O2/c1-6-8-9-10-12-15(3)22-17(20-5)21-13-11-14-24-16(25)19(4,7-2)23-18(24)26/h15H,6-14H2,1-5H3,(H,23,26)(H2,20,21,22). The highest BCUT2D eigenvalue weighted by Crippen LogP contribution is 2.20. The average molecular weight is 368 g/mol. The second-order valence-electron chi connectivity index (χ2n) is 7.32. The van der Waals surface area contributed by atoms with Crippen LogP contribution in [-0.4, -0.2) is 54.5 Å². The fourth-order valence-electron chi connectivity index (χ4n) is 3.01. The molecule has 7 nitrogen and oxygen atoms in total. The molecule has 7 heteroatoms. The maximum Gasteiger partial charge on any atom is 0.325 e. The van der Waals surface area contributed by atoms with Gasteiger partial charge in [-0.15, -0.1) is 0 Å². The van der Waals surface area contributed by atoms with Crippen LogP contribution in [-0.2, 0) is 4.79 Å². The summed E-state index contributed by atoms with van der Waals surface area (Å²) in [7, 11) is 1.75. The van der Waals surface area contributed by atoms with Crippen molar-refractivity contribution in [1.29, 1.82) is 0 Å². The van der Waals surface area contributed by atoms with Crippen molar-refractivity contribution >= 4 is 17.9 Å². The minimum Gasteiger partial charge on any atom is -0.356 e. The van der Waals surface area contributed by atoms with E-state index in [9.17, 15) is 9.59 Å². The second kappa shape index (κ2) is 11.0. The van der Waals surface area contributed by atoms with Crippen molar-refractivity contribution < 1.29 is 9.59 Å². The van der Waals surface area contributed by atoms with Gasteiger partial charge in [-0.25, -0.2) is 4.79 Å². The molecule has 0 aromatic heterocycles. The molecule has 0 aromatic rings. The van der Waals surface area contributed by atoms with Gasteiger partial charge in [0.05, 0.1) is 0 Å². The molecule has 1 fully saturated rings. The van der Waals surface area contributed by atoms with Gasteiger partial charge in [0.2, 0.25) is 0 Å². The number of unbranched alkanes of at least 4 members (excludes halogenated alkanes) is 3. The number of nitrogens with zero attached hydrogens (tertiary/aromatic N) is 2. The van der Waals surface area contributed by atoms with Gasteiger partial charge in [-0.1, -0.05) is 39.5 Å². The van der Waals surface area contributed by atoms with E-state index >= 15 is 0 Å². The van der Waals surface area contributed by atoms with Gasteiger partial charge in [0, 0.05) is 26.2 Å². The monoisotopic (exact) mass is 367 g/mol. The third kappa shape index (κ3) is 6.50. The SMILES string of the molecule is CCCCCCC(C)NC(=NC)NCCCN1C(=O)NC(C)(CC)C1=O. The van der Waals surface area contributed by atoms with Crippen molar-refractivity contribution in [3.8, 4) is 0 Å². The number of aliphatic imine (C=N–C) groups is 1. The molecule has 2 atom stereocenters. The summed E-state index contributed by atoms with van der Waals surface area (Å²) >= 11 is 0. The molecule has 1 rings (SSSR count). The van der Waals surface area contributed by atoms with Crippen LogP contribution in [0.4, 0.5) is 4.79 Å². The third-order valence-corrected chi connectivity index (χ3v) is 5.00. The third-order valence-electron chi connectivity index (χ3n) is 5.00. The van der Waals surface area contributed by atoms with Crippen LogP contribution in [0, 0.1) is 0 Å². The Hall–Kier alpha value is -1.79. The molecule has 0 radical (unpaired) electrons. The van der Waals surface area contributed by atoms with E-state index in [1.54, 1.807) is 14.0 Å². The van der Waals surface area contributed by atoms with E-state index in [0.717, 1.165) is 12.4 Å². The van der Waals surface area contributed by atoms with Crippen molar-refractivity contribution in [2.45, 2.75) is 84.2 Å². The summed E-state index contributed by atoms with van der Waals surface area (Å²) in [5.41, 5.74) is -0.755. The predicted molar refractivity (Wildman–Crippen MR) is 106 cm³/mol. The highest BCUT2D eigenvalue weighted by Gasteiger charge is 2.45. The molecule has 3 N–H and O–H groups in total. The molecule has 150 valence electrons.